The average Bonchev–Trinajstić information content (AvgIpc) is 3.32. The molecule has 0 amide bonds. The lowest BCUT2D eigenvalue weighted by Crippen LogP contribution is -2.46. The molecule has 5 rings (SSSR count). The highest BCUT2D eigenvalue weighted by Gasteiger charge is 2.31. The minimum atomic E-state index is 0. The molecule has 3 heterocycles. The van der Waals surface area contributed by atoms with Crippen molar-refractivity contribution < 1.29 is 9.15 Å². The molecule has 35 heavy (non-hydrogen) atoms. The Kier molecular flexibility index (Phi) is 8.40. The van der Waals surface area contributed by atoms with E-state index in [1.807, 2.05) is 6.07 Å². The third-order valence-electron chi connectivity index (χ3n) is 8.25. The summed E-state index contributed by atoms with van der Waals surface area (Å²) in [6, 6.07) is 11.4. The first-order chi connectivity index (χ1) is 16.4. The fraction of sp³-hybridized carbons (Fsp3) is 0.655. The van der Waals surface area contributed by atoms with Crippen LogP contribution in [-0.4, -0.2) is 56.4 Å². The summed E-state index contributed by atoms with van der Waals surface area (Å²) < 4.78 is 11.6. The maximum atomic E-state index is 6.01. The van der Waals surface area contributed by atoms with Crippen molar-refractivity contribution >= 4 is 23.8 Å². The molecular formula is C29H44ClN3O2. The van der Waals surface area contributed by atoms with Crippen molar-refractivity contribution in [3.05, 3.63) is 47.9 Å². The Morgan fingerprint density at radius 1 is 0.914 bits per heavy atom. The molecule has 1 aliphatic carbocycles. The van der Waals surface area contributed by atoms with Gasteiger partial charge in [0.2, 0.25) is 0 Å². The van der Waals surface area contributed by atoms with Gasteiger partial charge < -0.3 is 19.0 Å². The lowest BCUT2D eigenvalue weighted by Gasteiger charge is -2.41. The molecule has 5 nitrogen and oxygen atoms in total. The van der Waals surface area contributed by atoms with E-state index < -0.39 is 0 Å². The summed E-state index contributed by atoms with van der Waals surface area (Å²) in [4.78, 5) is 7.70. The van der Waals surface area contributed by atoms with Crippen molar-refractivity contribution in [2.45, 2.75) is 78.0 Å². The van der Waals surface area contributed by atoms with Crippen molar-refractivity contribution in [3.8, 4) is 0 Å². The second-order valence-electron chi connectivity index (χ2n) is 11.7. The Morgan fingerprint density at radius 3 is 2.23 bits per heavy atom. The summed E-state index contributed by atoms with van der Waals surface area (Å²) in [6.07, 6.45) is 7.60. The van der Waals surface area contributed by atoms with Crippen molar-refractivity contribution in [1.29, 1.82) is 0 Å². The molecule has 3 fully saturated rings. The monoisotopic (exact) mass is 501 g/mol. The van der Waals surface area contributed by atoms with Crippen LogP contribution in [0, 0.1) is 5.41 Å². The number of halogens is 1. The van der Waals surface area contributed by atoms with Gasteiger partial charge in [0.25, 0.3) is 0 Å². The molecule has 6 heteroatoms. The molecule has 2 unspecified atom stereocenters. The first-order valence-corrected chi connectivity index (χ1v) is 13.4. The largest absolute Gasteiger partial charge is 0.468 e. The van der Waals surface area contributed by atoms with Gasteiger partial charge in [-0.3, -0.25) is 4.90 Å². The number of morpholine rings is 1. The predicted octanol–water partition coefficient (Wildman–Crippen LogP) is 6.32. The number of piperazine rings is 1. The zero-order valence-corrected chi connectivity index (χ0v) is 22.9. The molecule has 2 saturated heterocycles. The number of anilines is 2. The Hall–Kier alpha value is -1.69. The minimum absolute atomic E-state index is 0. The highest BCUT2D eigenvalue weighted by atomic mass is 35.5. The molecule has 194 valence electrons. The fourth-order valence-electron chi connectivity index (χ4n) is 6.22. The summed E-state index contributed by atoms with van der Waals surface area (Å²) in [5.74, 6) is 1.73. The zero-order valence-electron chi connectivity index (χ0n) is 22.0. The third-order valence-corrected chi connectivity index (χ3v) is 8.25. The number of hydrogen-bond donors (Lipinski definition) is 0. The highest BCUT2D eigenvalue weighted by Crippen LogP contribution is 2.46. The van der Waals surface area contributed by atoms with Crippen LogP contribution in [0.25, 0.3) is 0 Å². The van der Waals surface area contributed by atoms with E-state index in [9.17, 15) is 0 Å². The Bertz CT molecular complexity index is 919. The zero-order chi connectivity index (χ0) is 23.7. The summed E-state index contributed by atoms with van der Waals surface area (Å²) in [7, 11) is 0. The summed E-state index contributed by atoms with van der Waals surface area (Å²) >= 11 is 0. The van der Waals surface area contributed by atoms with Crippen molar-refractivity contribution in [2.75, 3.05) is 49.1 Å². The van der Waals surface area contributed by atoms with E-state index in [2.05, 4.69) is 66.7 Å². The van der Waals surface area contributed by atoms with E-state index >= 15 is 0 Å². The number of furan rings is 1. The predicted molar refractivity (Wildman–Crippen MR) is 147 cm³/mol. The summed E-state index contributed by atoms with van der Waals surface area (Å²) in [5, 5.41) is 0. The van der Waals surface area contributed by atoms with E-state index in [0.29, 0.717) is 11.3 Å². The SMILES string of the molecule is CC1CN(c2ccc(N3CCN(Cc4ccco4)CC3)c(C3CCC(C)(C)CC3)c2)CC(C)O1.Cl. The first-order valence-electron chi connectivity index (χ1n) is 13.4. The van der Waals surface area contributed by atoms with Gasteiger partial charge in [-0.2, -0.15) is 0 Å². The van der Waals surface area contributed by atoms with E-state index in [1.165, 1.54) is 37.1 Å². The van der Waals surface area contributed by atoms with Crippen LogP contribution >= 0.6 is 12.4 Å². The summed E-state index contributed by atoms with van der Waals surface area (Å²) in [5.41, 5.74) is 4.92. The molecule has 2 atom stereocenters. The van der Waals surface area contributed by atoms with Crippen molar-refractivity contribution in [2.24, 2.45) is 5.41 Å². The van der Waals surface area contributed by atoms with Gasteiger partial charge in [0.1, 0.15) is 5.76 Å². The van der Waals surface area contributed by atoms with Gasteiger partial charge in [-0.05, 0) is 86.8 Å². The maximum Gasteiger partial charge on any atom is 0.117 e. The number of rotatable bonds is 5. The van der Waals surface area contributed by atoms with Crippen LogP contribution in [0.5, 0.6) is 0 Å². The smallest absolute Gasteiger partial charge is 0.117 e. The summed E-state index contributed by atoms with van der Waals surface area (Å²) in [6.45, 7) is 16.5. The van der Waals surface area contributed by atoms with Crippen LogP contribution in [0.3, 0.4) is 0 Å². The Labute approximate surface area is 218 Å². The number of ether oxygens (including phenoxy) is 1. The van der Waals surface area contributed by atoms with Gasteiger partial charge in [0.05, 0.1) is 25.0 Å². The normalized spacial score (nSPS) is 25.9. The van der Waals surface area contributed by atoms with Crippen LogP contribution in [0.2, 0.25) is 0 Å². The van der Waals surface area contributed by atoms with Gasteiger partial charge in [-0.1, -0.05) is 13.8 Å². The van der Waals surface area contributed by atoms with Gasteiger partial charge >= 0.3 is 0 Å². The second kappa shape index (κ2) is 11.1. The quantitative estimate of drug-likeness (QED) is 0.478. The van der Waals surface area contributed by atoms with Crippen LogP contribution in [-0.2, 0) is 11.3 Å². The number of nitrogens with zero attached hydrogens (tertiary/aromatic N) is 3. The Morgan fingerprint density at radius 2 is 1.60 bits per heavy atom. The molecule has 0 N–H and O–H groups in total. The average molecular weight is 502 g/mol. The van der Waals surface area contributed by atoms with E-state index in [1.54, 1.807) is 11.8 Å². The van der Waals surface area contributed by atoms with Gasteiger partial charge in [-0.15, -0.1) is 12.4 Å². The molecular weight excluding hydrogens is 458 g/mol. The molecule has 2 aliphatic heterocycles. The van der Waals surface area contributed by atoms with E-state index in [-0.39, 0.29) is 24.6 Å². The van der Waals surface area contributed by atoms with Gasteiger partial charge in [0, 0.05) is 50.6 Å². The molecule has 1 saturated carbocycles. The van der Waals surface area contributed by atoms with Crippen LogP contribution in [0.15, 0.2) is 41.0 Å². The van der Waals surface area contributed by atoms with Gasteiger partial charge in [0.15, 0.2) is 0 Å². The molecule has 1 aromatic carbocycles. The lowest BCUT2D eigenvalue weighted by atomic mass is 9.71. The molecule has 0 bridgehead atoms. The number of benzene rings is 1. The van der Waals surface area contributed by atoms with Crippen molar-refractivity contribution in [3.63, 3.8) is 0 Å². The molecule has 1 aromatic heterocycles. The van der Waals surface area contributed by atoms with Gasteiger partial charge in [-0.25, -0.2) is 0 Å². The van der Waals surface area contributed by atoms with Crippen LogP contribution in [0.4, 0.5) is 11.4 Å². The van der Waals surface area contributed by atoms with Crippen LogP contribution < -0.4 is 9.80 Å². The second-order valence-corrected chi connectivity index (χ2v) is 11.7. The van der Waals surface area contributed by atoms with Crippen LogP contribution in [0.1, 0.15) is 70.6 Å². The maximum absolute atomic E-state index is 6.01. The first kappa shape index (κ1) is 26.4. The third kappa shape index (κ3) is 6.36. The van der Waals surface area contributed by atoms with E-state index in [0.717, 1.165) is 51.6 Å². The topological polar surface area (TPSA) is 32.1 Å². The molecule has 3 aliphatic rings. The highest BCUT2D eigenvalue weighted by molar-refractivity contribution is 5.85. The fourth-order valence-corrected chi connectivity index (χ4v) is 6.22. The molecule has 0 radical (unpaired) electrons. The lowest BCUT2D eigenvalue weighted by molar-refractivity contribution is -0.00522. The molecule has 0 spiro atoms. The van der Waals surface area contributed by atoms with E-state index in [4.69, 9.17) is 9.15 Å². The standard InChI is InChI=1S/C29H43N3O2.ClH/c1-22-19-32(20-23(2)34-22)25-7-8-28(27(18-25)24-9-11-29(3,4)12-10-24)31-15-13-30(14-16-31)21-26-6-5-17-33-26;/h5-8,17-18,22-24H,9-16,19-21H2,1-4H3;1H. The number of hydrogen-bond acceptors (Lipinski definition) is 5. The Balaban J connectivity index is 0.00000289. The minimum Gasteiger partial charge on any atom is -0.468 e. The van der Waals surface area contributed by atoms with Crippen molar-refractivity contribution in [1.82, 2.24) is 4.90 Å². The molecule has 2 aromatic rings.